The predicted octanol–water partition coefficient (Wildman–Crippen LogP) is 2.31. The van der Waals surface area contributed by atoms with Crippen molar-refractivity contribution in [3.63, 3.8) is 0 Å². The average Bonchev–Trinajstić information content (AvgIpc) is 2.84. The number of alkyl halides is 3. The van der Waals surface area contributed by atoms with Gasteiger partial charge in [0.05, 0.1) is 11.8 Å². The minimum atomic E-state index is -4.41. The molecule has 102 valence electrons. The van der Waals surface area contributed by atoms with E-state index in [2.05, 4.69) is 10.3 Å². The van der Waals surface area contributed by atoms with Gasteiger partial charge >= 0.3 is 6.18 Å². The molecule has 0 aliphatic heterocycles. The van der Waals surface area contributed by atoms with Crippen LogP contribution in [0.2, 0.25) is 0 Å². The lowest BCUT2D eigenvalue weighted by Gasteiger charge is -2.10. The number of nitrogens with two attached hydrogens (primary N) is 1. The van der Waals surface area contributed by atoms with Gasteiger partial charge < -0.3 is 5.73 Å². The number of rotatable bonds is 4. The van der Waals surface area contributed by atoms with Gasteiger partial charge in [-0.2, -0.15) is 13.2 Å². The number of hydrogen-bond acceptors (Lipinski definition) is 3. The lowest BCUT2D eigenvalue weighted by Crippen LogP contribution is -2.07. The molecule has 2 rings (SSSR count). The van der Waals surface area contributed by atoms with Crippen molar-refractivity contribution in [2.45, 2.75) is 19.1 Å². The lowest BCUT2D eigenvalue weighted by molar-refractivity contribution is -0.137. The quantitative estimate of drug-likeness (QED) is 0.927. The van der Waals surface area contributed by atoms with Gasteiger partial charge in [0.2, 0.25) is 0 Å². The highest BCUT2D eigenvalue weighted by molar-refractivity contribution is 5.63. The van der Waals surface area contributed by atoms with Crippen LogP contribution in [-0.4, -0.2) is 21.5 Å². The molecule has 4 nitrogen and oxygen atoms in total. The van der Waals surface area contributed by atoms with E-state index in [0.717, 1.165) is 6.07 Å². The molecule has 2 aromatic rings. The lowest BCUT2D eigenvalue weighted by atomic mass is 10.1. The summed E-state index contributed by atoms with van der Waals surface area (Å²) in [6, 6.07) is 5.32. The third kappa shape index (κ3) is 3.11. The maximum absolute atomic E-state index is 12.9. The zero-order valence-corrected chi connectivity index (χ0v) is 10.1. The number of nitrogens with zero attached hydrogens (tertiary/aromatic N) is 3. The summed E-state index contributed by atoms with van der Waals surface area (Å²) in [5.74, 6) is 0. The van der Waals surface area contributed by atoms with Gasteiger partial charge in [-0.1, -0.05) is 23.4 Å². The molecule has 0 spiro atoms. The van der Waals surface area contributed by atoms with Crippen LogP contribution in [0.5, 0.6) is 0 Å². The first-order valence-corrected chi connectivity index (χ1v) is 5.79. The first-order valence-electron chi connectivity index (χ1n) is 5.79. The molecule has 0 fully saturated rings. The van der Waals surface area contributed by atoms with Crippen molar-refractivity contribution < 1.29 is 13.2 Å². The second-order valence-electron chi connectivity index (χ2n) is 4.05. The van der Waals surface area contributed by atoms with E-state index in [9.17, 15) is 13.2 Å². The van der Waals surface area contributed by atoms with Gasteiger partial charge in [-0.15, -0.1) is 5.10 Å². The first-order chi connectivity index (χ1) is 9.02. The second kappa shape index (κ2) is 5.40. The van der Waals surface area contributed by atoms with Crippen LogP contribution in [-0.2, 0) is 12.7 Å². The normalized spacial score (nSPS) is 11.8. The van der Waals surface area contributed by atoms with Crippen LogP contribution in [0.15, 0.2) is 30.5 Å². The Morgan fingerprint density at radius 3 is 2.63 bits per heavy atom. The molecule has 0 radical (unpaired) electrons. The van der Waals surface area contributed by atoms with E-state index in [-0.39, 0.29) is 11.3 Å². The highest BCUT2D eigenvalue weighted by atomic mass is 19.4. The summed E-state index contributed by atoms with van der Waals surface area (Å²) in [6.07, 6.45) is -2.21. The van der Waals surface area contributed by atoms with Gasteiger partial charge in [0.15, 0.2) is 0 Å². The molecule has 0 bridgehead atoms. The zero-order chi connectivity index (χ0) is 13.9. The van der Waals surface area contributed by atoms with Gasteiger partial charge in [-0.25, -0.2) is 0 Å². The molecule has 1 aromatic carbocycles. The van der Waals surface area contributed by atoms with Crippen LogP contribution in [0.4, 0.5) is 13.2 Å². The fourth-order valence-corrected chi connectivity index (χ4v) is 1.74. The molecular weight excluding hydrogens is 257 g/mol. The van der Waals surface area contributed by atoms with E-state index in [1.165, 1.54) is 23.0 Å². The van der Waals surface area contributed by atoms with E-state index in [4.69, 9.17) is 5.73 Å². The van der Waals surface area contributed by atoms with Crippen molar-refractivity contribution in [3.8, 4) is 11.3 Å². The highest BCUT2D eigenvalue weighted by Gasteiger charge is 2.33. The first kappa shape index (κ1) is 13.5. The van der Waals surface area contributed by atoms with Crippen LogP contribution in [0.3, 0.4) is 0 Å². The molecule has 7 heteroatoms. The molecule has 2 N–H and O–H groups in total. The number of benzene rings is 1. The van der Waals surface area contributed by atoms with Crippen LogP contribution < -0.4 is 5.73 Å². The summed E-state index contributed by atoms with van der Waals surface area (Å²) in [7, 11) is 0. The van der Waals surface area contributed by atoms with E-state index < -0.39 is 11.7 Å². The standard InChI is InChI=1S/C12H13F3N4/c13-12(14,15)10-5-2-1-4-9(10)11-8-19(18-17-11)7-3-6-16/h1-2,4-5,8H,3,6-7,16H2. The Hall–Kier alpha value is -1.89. The number of hydrogen-bond donors (Lipinski definition) is 1. The third-order valence-electron chi connectivity index (χ3n) is 2.64. The monoisotopic (exact) mass is 270 g/mol. The van der Waals surface area contributed by atoms with Crippen LogP contribution in [0.25, 0.3) is 11.3 Å². The second-order valence-corrected chi connectivity index (χ2v) is 4.05. The van der Waals surface area contributed by atoms with Gasteiger partial charge in [0.25, 0.3) is 0 Å². The summed E-state index contributed by atoms with van der Waals surface area (Å²) in [6.45, 7) is 1.03. The predicted molar refractivity (Wildman–Crippen MR) is 64.1 cm³/mol. The molecule has 0 unspecified atom stereocenters. The molecule has 19 heavy (non-hydrogen) atoms. The van der Waals surface area contributed by atoms with Crippen molar-refractivity contribution in [3.05, 3.63) is 36.0 Å². The molecular formula is C12H13F3N4. The van der Waals surface area contributed by atoms with Crippen molar-refractivity contribution in [2.75, 3.05) is 6.54 Å². The molecule has 0 saturated carbocycles. The fraction of sp³-hybridized carbons (Fsp3) is 0.333. The van der Waals surface area contributed by atoms with E-state index >= 15 is 0 Å². The van der Waals surface area contributed by atoms with Gasteiger partial charge in [-0.3, -0.25) is 4.68 Å². The number of aryl methyl sites for hydroxylation is 1. The molecule has 0 aliphatic rings. The number of halogens is 3. The molecule has 1 aromatic heterocycles. The summed E-state index contributed by atoms with van der Waals surface area (Å²) >= 11 is 0. The molecule has 0 aliphatic carbocycles. The smallest absolute Gasteiger partial charge is 0.330 e. The third-order valence-corrected chi connectivity index (χ3v) is 2.64. The fourth-order valence-electron chi connectivity index (χ4n) is 1.74. The van der Waals surface area contributed by atoms with Gasteiger partial charge in [-0.05, 0) is 19.0 Å². The molecule has 0 saturated heterocycles. The SMILES string of the molecule is NCCCn1cc(-c2ccccc2C(F)(F)F)nn1. The van der Waals surface area contributed by atoms with E-state index in [0.29, 0.717) is 19.5 Å². The minimum absolute atomic E-state index is 0.0361. The maximum atomic E-state index is 12.9. The van der Waals surface area contributed by atoms with E-state index in [1.54, 1.807) is 6.07 Å². The largest absolute Gasteiger partial charge is 0.417 e. The van der Waals surface area contributed by atoms with Crippen molar-refractivity contribution in [2.24, 2.45) is 5.73 Å². The van der Waals surface area contributed by atoms with Crippen LogP contribution in [0, 0.1) is 0 Å². The topological polar surface area (TPSA) is 56.7 Å². The Morgan fingerprint density at radius 1 is 1.21 bits per heavy atom. The Balaban J connectivity index is 2.34. The number of aromatic nitrogens is 3. The van der Waals surface area contributed by atoms with Crippen molar-refractivity contribution in [1.29, 1.82) is 0 Å². The summed E-state index contributed by atoms with van der Waals surface area (Å²) in [5.41, 5.74) is 4.91. The zero-order valence-electron chi connectivity index (χ0n) is 10.1. The average molecular weight is 270 g/mol. The Morgan fingerprint density at radius 2 is 1.95 bits per heavy atom. The van der Waals surface area contributed by atoms with Crippen molar-refractivity contribution >= 4 is 0 Å². The van der Waals surface area contributed by atoms with Crippen LogP contribution in [0.1, 0.15) is 12.0 Å². The summed E-state index contributed by atoms with van der Waals surface area (Å²) in [5, 5.41) is 7.58. The molecule has 0 atom stereocenters. The molecule has 1 heterocycles. The summed E-state index contributed by atoms with van der Waals surface area (Å²) in [4.78, 5) is 0. The molecule has 0 amide bonds. The Bertz CT molecular complexity index is 548. The Kier molecular flexibility index (Phi) is 3.84. The Labute approximate surface area is 108 Å². The van der Waals surface area contributed by atoms with Crippen molar-refractivity contribution in [1.82, 2.24) is 15.0 Å². The maximum Gasteiger partial charge on any atom is 0.417 e. The highest BCUT2D eigenvalue weighted by Crippen LogP contribution is 2.35. The minimum Gasteiger partial charge on any atom is -0.330 e. The van der Waals surface area contributed by atoms with E-state index in [1.807, 2.05) is 0 Å². The summed E-state index contributed by atoms with van der Waals surface area (Å²) < 4.78 is 40.1. The van der Waals surface area contributed by atoms with Gasteiger partial charge in [0, 0.05) is 12.1 Å². The van der Waals surface area contributed by atoms with Gasteiger partial charge in [0.1, 0.15) is 5.69 Å². The van der Waals surface area contributed by atoms with Crippen LogP contribution >= 0.6 is 0 Å².